The van der Waals surface area contributed by atoms with E-state index in [1.165, 1.54) is 64.8 Å². The average Bonchev–Trinajstić information content (AvgIpc) is 2.85. The molecular formula is C13H26N2. The summed E-state index contributed by atoms with van der Waals surface area (Å²) >= 11 is 0. The van der Waals surface area contributed by atoms with Gasteiger partial charge in [0.2, 0.25) is 0 Å². The summed E-state index contributed by atoms with van der Waals surface area (Å²) in [5, 5.41) is 3.46. The molecular weight excluding hydrogens is 184 g/mol. The maximum absolute atomic E-state index is 3.46. The molecule has 0 amide bonds. The Morgan fingerprint density at radius 1 is 1.20 bits per heavy atom. The molecule has 1 N–H and O–H groups in total. The van der Waals surface area contributed by atoms with Crippen LogP contribution in [-0.4, -0.2) is 37.6 Å². The normalized spacial score (nSPS) is 32.6. The van der Waals surface area contributed by atoms with Crippen molar-refractivity contribution in [2.75, 3.05) is 32.7 Å². The summed E-state index contributed by atoms with van der Waals surface area (Å²) in [6.07, 6.45) is 7.10. The molecule has 0 bridgehead atoms. The molecule has 2 saturated heterocycles. The van der Waals surface area contributed by atoms with Crippen LogP contribution in [0.25, 0.3) is 0 Å². The van der Waals surface area contributed by atoms with Gasteiger partial charge in [0.1, 0.15) is 0 Å². The Morgan fingerprint density at radius 3 is 2.87 bits per heavy atom. The minimum atomic E-state index is 0.968. The highest BCUT2D eigenvalue weighted by Crippen LogP contribution is 2.22. The van der Waals surface area contributed by atoms with Crippen LogP contribution in [0.4, 0.5) is 0 Å². The van der Waals surface area contributed by atoms with Crippen molar-refractivity contribution in [3.63, 3.8) is 0 Å². The van der Waals surface area contributed by atoms with Crippen molar-refractivity contribution in [3.8, 4) is 0 Å². The smallest absolute Gasteiger partial charge is 0.00101 e. The molecule has 2 unspecified atom stereocenters. The molecule has 2 nitrogen and oxygen atoms in total. The van der Waals surface area contributed by atoms with E-state index in [1.807, 2.05) is 0 Å². The third kappa shape index (κ3) is 3.46. The van der Waals surface area contributed by atoms with Gasteiger partial charge in [0.05, 0.1) is 0 Å². The molecule has 0 aliphatic carbocycles. The van der Waals surface area contributed by atoms with Gasteiger partial charge in [0, 0.05) is 6.54 Å². The summed E-state index contributed by atoms with van der Waals surface area (Å²) < 4.78 is 0. The molecule has 0 spiro atoms. The van der Waals surface area contributed by atoms with Crippen LogP contribution in [0, 0.1) is 11.8 Å². The lowest BCUT2D eigenvalue weighted by Gasteiger charge is -2.18. The van der Waals surface area contributed by atoms with Crippen LogP contribution >= 0.6 is 0 Å². The van der Waals surface area contributed by atoms with Crippen LogP contribution in [0.5, 0.6) is 0 Å². The fraction of sp³-hybridized carbons (Fsp3) is 1.00. The van der Waals surface area contributed by atoms with Crippen LogP contribution in [0.3, 0.4) is 0 Å². The zero-order chi connectivity index (χ0) is 10.5. The second-order valence-electron chi connectivity index (χ2n) is 5.39. The average molecular weight is 210 g/mol. The highest BCUT2D eigenvalue weighted by molar-refractivity contribution is 4.78. The third-order valence-corrected chi connectivity index (χ3v) is 4.08. The van der Waals surface area contributed by atoms with Crippen LogP contribution in [0.2, 0.25) is 0 Å². The molecule has 2 fully saturated rings. The Balaban J connectivity index is 1.59. The molecule has 2 heteroatoms. The quantitative estimate of drug-likeness (QED) is 0.747. The molecule has 0 saturated carbocycles. The van der Waals surface area contributed by atoms with E-state index in [2.05, 4.69) is 17.1 Å². The third-order valence-electron chi connectivity index (χ3n) is 4.08. The maximum atomic E-state index is 3.46. The molecule has 0 aromatic heterocycles. The van der Waals surface area contributed by atoms with Crippen molar-refractivity contribution < 1.29 is 0 Å². The maximum Gasteiger partial charge on any atom is 0.00101 e. The first kappa shape index (κ1) is 11.4. The Morgan fingerprint density at radius 2 is 2.13 bits per heavy atom. The van der Waals surface area contributed by atoms with Crippen LogP contribution in [-0.2, 0) is 0 Å². The van der Waals surface area contributed by atoms with E-state index in [-0.39, 0.29) is 0 Å². The zero-order valence-electron chi connectivity index (χ0n) is 10.2. The number of likely N-dealkylation sites (tertiary alicyclic amines) is 1. The Labute approximate surface area is 94.4 Å². The van der Waals surface area contributed by atoms with Crippen molar-refractivity contribution >= 4 is 0 Å². The van der Waals surface area contributed by atoms with E-state index in [1.54, 1.807) is 0 Å². The number of nitrogens with zero attached hydrogens (tertiary/aromatic N) is 1. The van der Waals surface area contributed by atoms with Gasteiger partial charge in [-0.15, -0.1) is 0 Å². The second-order valence-corrected chi connectivity index (χ2v) is 5.39. The van der Waals surface area contributed by atoms with Crippen LogP contribution < -0.4 is 5.32 Å². The molecule has 2 aliphatic heterocycles. The molecule has 0 aromatic carbocycles. The van der Waals surface area contributed by atoms with Gasteiger partial charge >= 0.3 is 0 Å². The number of hydrogen-bond acceptors (Lipinski definition) is 2. The molecule has 88 valence electrons. The number of nitrogens with one attached hydrogen (secondary N) is 1. The summed E-state index contributed by atoms with van der Waals surface area (Å²) in [6.45, 7) is 8.94. The molecule has 2 atom stereocenters. The topological polar surface area (TPSA) is 15.3 Å². The molecule has 15 heavy (non-hydrogen) atoms. The predicted octanol–water partition coefficient (Wildman–Crippen LogP) is 2.11. The summed E-state index contributed by atoms with van der Waals surface area (Å²) in [5.74, 6) is 1.98. The predicted molar refractivity (Wildman–Crippen MR) is 65.0 cm³/mol. The van der Waals surface area contributed by atoms with Crippen molar-refractivity contribution in [1.29, 1.82) is 0 Å². The van der Waals surface area contributed by atoms with Gasteiger partial charge in [-0.25, -0.2) is 0 Å². The molecule has 2 aliphatic rings. The summed E-state index contributed by atoms with van der Waals surface area (Å²) in [6, 6.07) is 0. The molecule has 0 radical (unpaired) electrons. The Bertz CT molecular complexity index is 175. The van der Waals surface area contributed by atoms with E-state index < -0.39 is 0 Å². The van der Waals surface area contributed by atoms with Crippen molar-refractivity contribution in [2.45, 2.75) is 39.0 Å². The van der Waals surface area contributed by atoms with Gasteiger partial charge < -0.3 is 10.2 Å². The standard InChI is InChI=1S/C13H26N2/c1-2-3-13-6-9-15(11-13)8-5-12-4-7-14-10-12/h12-14H,2-11H2,1H3. The number of rotatable bonds is 5. The van der Waals surface area contributed by atoms with Gasteiger partial charge in [-0.3, -0.25) is 0 Å². The van der Waals surface area contributed by atoms with E-state index in [0.717, 1.165) is 11.8 Å². The summed E-state index contributed by atoms with van der Waals surface area (Å²) in [5.41, 5.74) is 0. The molecule has 2 heterocycles. The van der Waals surface area contributed by atoms with Gasteiger partial charge in [-0.05, 0) is 63.7 Å². The minimum Gasteiger partial charge on any atom is -0.316 e. The van der Waals surface area contributed by atoms with Gasteiger partial charge in [-0.2, -0.15) is 0 Å². The highest BCUT2D eigenvalue weighted by Gasteiger charge is 2.22. The fourth-order valence-electron chi connectivity index (χ4n) is 3.09. The minimum absolute atomic E-state index is 0.968. The largest absolute Gasteiger partial charge is 0.316 e. The molecule has 2 rings (SSSR count). The van der Waals surface area contributed by atoms with Crippen LogP contribution in [0.15, 0.2) is 0 Å². The summed E-state index contributed by atoms with van der Waals surface area (Å²) in [7, 11) is 0. The lowest BCUT2D eigenvalue weighted by atomic mass is 10.0. The van der Waals surface area contributed by atoms with Crippen LogP contribution in [0.1, 0.15) is 39.0 Å². The summed E-state index contributed by atoms with van der Waals surface area (Å²) in [4.78, 5) is 2.69. The lowest BCUT2D eigenvalue weighted by Crippen LogP contribution is -2.24. The van der Waals surface area contributed by atoms with Crippen molar-refractivity contribution in [3.05, 3.63) is 0 Å². The first-order valence-corrected chi connectivity index (χ1v) is 6.81. The first-order valence-electron chi connectivity index (χ1n) is 6.81. The first-order chi connectivity index (χ1) is 7.38. The lowest BCUT2D eigenvalue weighted by molar-refractivity contribution is 0.294. The Hall–Kier alpha value is -0.0800. The highest BCUT2D eigenvalue weighted by atomic mass is 15.1. The van der Waals surface area contributed by atoms with E-state index in [0.29, 0.717) is 0 Å². The fourth-order valence-corrected chi connectivity index (χ4v) is 3.09. The van der Waals surface area contributed by atoms with Gasteiger partial charge in [-0.1, -0.05) is 13.3 Å². The van der Waals surface area contributed by atoms with E-state index in [4.69, 9.17) is 0 Å². The van der Waals surface area contributed by atoms with Crippen molar-refractivity contribution in [2.24, 2.45) is 11.8 Å². The Kier molecular flexibility index (Phi) is 4.45. The number of hydrogen-bond donors (Lipinski definition) is 1. The monoisotopic (exact) mass is 210 g/mol. The van der Waals surface area contributed by atoms with Gasteiger partial charge in [0.25, 0.3) is 0 Å². The zero-order valence-corrected chi connectivity index (χ0v) is 10.2. The van der Waals surface area contributed by atoms with E-state index >= 15 is 0 Å². The van der Waals surface area contributed by atoms with E-state index in [9.17, 15) is 0 Å². The SMILES string of the molecule is CCCC1CCN(CCC2CCNC2)C1. The molecule has 0 aromatic rings. The van der Waals surface area contributed by atoms with Gasteiger partial charge in [0.15, 0.2) is 0 Å². The second kappa shape index (κ2) is 5.86. The van der Waals surface area contributed by atoms with Crippen molar-refractivity contribution in [1.82, 2.24) is 10.2 Å².